The Morgan fingerprint density at radius 1 is 1.43 bits per heavy atom. The van der Waals surface area contributed by atoms with Gasteiger partial charge in [-0.15, -0.1) is 0 Å². The van der Waals surface area contributed by atoms with Crippen LogP contribution in [0, 0.1) is 0 Å². The largest absolute Gasteiger partial charge is 0.397 e. The van der Waals surface area contributed by atoms with Crippen LogP contribution in [-0.2, 0) is 5.41 Å². The van der Waals surface area contributed by atoms with Crippen LogP contribution in [0.5, 0.6) is 0 Å². The first-order valence-electron chi connectivity index (χ1n) is 4.63. The van der Waals surface area contributed by atoms with Crippen LogP contribution in [-0.4, -0.2) is 18.2 Å². The molecular weight excluding hydrogens is 174 g/mol. The zero-order chi connectivity index (χ0) is 10.8. The second kappa shape index (κ2) is 3.78. The monoisotopic (exact) mass is 191 g/mol. The molecule has 1 aromatic rings. The van der Waals surface area contributed by atoms with Crippen molar-refractivity contribution in [2.45, 2.75) is 26.2 Å². The zero-order valence-electron chi connectivity index (χ0n) is 9.20. The number of rotatable bonds is 1. The molecule has 2 N–H and O–H groups in total. The van der Waals surface area contributed by atoms with E-state index < -0.39 is 0 Å². The van der Waals surface area contributed by atoms with Gasteiger partial charge in [-0.3, -0.25) is 9.98 Å². The number of hydrogen-bond donors (Lipinski definition) is 1. The molecule has 0 fully saturated rings. The normalized spacial score (nSPS) is 12.3. The summed E-state index contributed by atoms with van der Waals surface area (Å²) in [7, 11) is 1.73. The Bertz CT molecular complexity index is 348. The highest BCUT2D eigenvalue weighted by Crippen LogP contribution is 2.22. The van der Waals surface area contributed by atoms with Gasteiger partial charge in [-0.25, -0.2) is 0 Å². The van der Waals surface area contributed by atoms with Crippen LogP contribution >= 0.6 is 0 Å². The number of aromatic nitrogens is 1. The third kappa shape index (κ3) is 2.31. The molecule has 0 aliphatic rings. The third-order valence-corrected chi connectivity index (χ3v) is 2.00. The predicted octanol–water partition coefficient (Wildman–Crippen LogP) is 2.01. The summed E-state index contributed by atoms with van der Waals surface area (Å²) < 4.78 is 0. The fourth-order valence-corrected chi connectivity index (χ4v) is 1.14. The summed E-state index contributed by atoms with van der Waals surface area (Å²) in [5.74, 6) is 0. The maximum absolute atomic E-state index is 5.77. The number of hydrogen-bond acceptors (Lipinski definition) is 3. The van der Waals surface area contributed by atoms with Crippen LogP contribution in [0.4, 0.5) is 5.69 Å². The molecule has 0 aliphatic heterocycles. The molecule has 0 amide bonds. The smallest absolute Gasteiger partial charge is 0.0589 e. The third-order valence-electron chi connectivity index (χ3n) is 2.00. The van der Waals surface area contributed by atoms with Crippen LogP contribution in [0.2, 0.25) is 0 Å². The van der Waals surface area contributed by atoms with Gasteiger partial charge in [0.05, 0.1) is 11.9 Å². The van der Waals surface area contributed by atoms with Gasteiger partial charge in [-0.05, 0) is 6.07 Å². The van der Waals surface area contributed by atoms with Crippen LogP contribution in [0.3, 0.4) is 0 Å². The molecule has 76 valence electrons. The van der Waals surface area contributed by atoms with Gasteiger partial charge < -0.3 is 5.73 Å². The molecule has 0 spiro atoms. The van der Waals surface area contributed by atoms with Crippen LogP contribution in [0.1, 0.15) is 32.0 Å². The van der Waals surface area contributed by atoms with E-state index in [0.717, 1.165) is 11.3 Å². The van der Waals surface area contributed by atoms with Crippen LogP contribution in [0.25, 0.3) is 0 Å². The summed E-state index contributed by atoms with van der Waals surface area (Å²) in [6.45, 7) is 6.37. The second-order valence-electron chi connectivity index (χ2n) is 4.34. The summed E-state index contributed by atoms with van der Waals surface area (Å²) in [6.07, 6.45) is 3.45. The zero-order valence-corrected chi connectivity index (χ0v) is 9.20. The standard InChI is InChI=1S/C11H17N3/c1-11(2,3)10-5-8(6-13-4)9(12)7-14-10/h5-7H,12H2,1-4H3. The lowest BCUT2D eigenvalue weighted by molar-refractivity contribution is 0.569. The Morgan fingerprint density at radius 2 is 2.07 bits per heavy atom. The minimum Gasteiger partial charge on any atom is -0.397 e. The van der Waals surface area contributed by atoms with E-state index >= 15 is 0 Å². The van der Waals surface area contributed by atoms with Gasteiger partial charge in [0.15, 0.2) is 0 Å². The summed E-state index contributed by atoms with van der Waals surface area (Å²) in [4.78, 5) is 8.26. The lowest BCUT2D eigenvalue weighted by Crippen LogP contribution is -2.14. The molecule has 0 aliphatic carbocycles. The Morgan fingerprint density at radius 3 is 2.57 bits per heavy atom. The van der Waals surface area contributed by atoms with Crippen molar-refractivity contribution in [1.82, 2.24) is 4.98 Å². The SMILES string of the molecule is CN=Cc1cc(C(C)(C)C)ncc1N. The molecule has 14 heavy (non-hydrogen) atoms. The minimum absolute atomic E-state index is 0.0457. The summed E-state index contributed by atoms with van der Waals surface area (Å²) >= 11 is 0. The van der Waals surface area contributed by atoms with Gasteiger partial charge in [0.25, 0.3) is 0 Å². The highest BCUT2D eigenvalue weighted by molar-refractivity contribution is 5.86. The van der Waals surface area contributed by atoms with Crippen molar-refractivity contribution in [3.8, 4) is 0 Å². The highest BCUT2D eigenvalue weighted by atomic mass is 14.7. The molecule has 1 rings (SSSR count). The van der Waals surface area contributed by atoms with Crippen molar-refractivity contribution in [2.24, 2.45) is 4.99 Å². The first-order valence-corrected chi connectivity index (χ1v) is 4.63. The molecular formula is C11H17N3. The summed E-state index contributed by atoms with van der Waals surface area (Å²) in [5.41, 5.74) is 8.45. The summed E-state index contributed by atoms with van der Waals surface area (Å²) in [6, 6.07) is 1.99. The quantitative estimate of drug-likeness (QED) is 0.690. The van der Waals surface area contributed by atoms with E-state index in [4.69, 9.17) is 5.73 Å². The topological polar surface area (TPSA) is 51.3 Å². The average molecular weight is 191 g/mol. The Balaban J connectivity index is 3.19. The second-order valence-corrected chi connectivity index (χ2v) is 4.34. The minimum atomic E-state index is 0.0457. The van der Waals surface area contributed by atoms with Crippen molar-refractivity contribution in [3.63, 3.8) is 0 Å². The lowest BCUT2D eigenvalue weighted by Gasteiger charge is -2.18. The molecule has 0 saturated heterocycles. The van der Waals surface area contributed by atoms with Gasteiger partial charge in [-0.1, -0.05) is 20.8 Å². The van der Waals surface area contributed by atoms with Gasteiger partial charge in [-0.2, -0.15) is 0 Å². The molecule has 3 nitrogen and oxygen atoms in total. The van der Waals surface area contributed by atoms with E-state index in [2.05, 4.69) is 30.7 Å². The van der Waals surface area contributed by atoms with E-state index in [1.54, 1.807) is 19.5 Å². The van der Waals surface area contributed by atoms with Crippen molar-refractivity contribution in [2.75, 3.05) is 12.8 Å². The lowest BCUT2D eigenvalue weighted by atomic mass is 9.91. The fraction of sp³-hybridized carbons (Fsp3) is 0.455. The van der Waals surface area contributed by atoms with Crippen molar-refractivity contribution in [1.29, 1.82) is 0 Å². The van der Waals surface area contributed by atoms with Crippen LogP contribution in [0.15, 0.2) is 17.3 Å². The van der Waals surface area contributed by atoms with E-state index in [9.17, 15) is 0 Å². The van der Waals surface area contributed by atoms with Gasteiger partial charge in [0.1, 0.15) is 0 Å². The molecule has 0 bridgehead atoms. The predicted molar refractivity (Wildman–Crippen MR) is 60.9 cm³/mol. The molecule has 0 unspecified atom stereocenters. The van der Waals surface area contributed by atoms with E-state index in [1.807, 2.05) is 6.07 Å². The number of anilines is 1. The Hall–Kier alpha value is -1.38. The molecule has 1 heterocycles. The van der Waals surface area contributed by atoms with Gasteiger partial charge >= 0.3 is 0 Å². The number of nitrogen functional groups attached to an aromatic ring is 1. The number of nitrogens with two attached hydrogens (primary N) is 1. The van der Waals surface area contributed by atoms with E-state index in [1.165, 1.54) is 0 Å². The molecule has 0 saturated carbocycles. The van der Waals surface area contributed by atoms with E-state index in [0.29, 0.717) is 5.69 Å². The molecule has 0 radical (unpaired) electrons. The first-order chi connectivity index (χ1) is 6.45. The maximum Gasteiger partial charge on any atom is 0.0589 e. The number of aliphatic imine (C=N–C) groups is 1. The average Bonchev–Trinajstić information content (AvgIpc) is 2.07. The molecule has 0 atom stereocenters. The van der Waals surface area contributed by atoms with Crippen LogP contribution < -0.4 is 5.73 Å². The molecule has 1 aromatic heterocycles. The molecule has 0 aromatic carbocycles. The Kier molecular flexibility index (Phi) is 2.89. The highest BCUT2D eigenvalue weighted by Gasteiger charge is 2.15. The van der Waals surface area contributed by atoms with E-state index in [-0.39, 0.29) is 5.41 Å². The maximum atomic E-state index is 5.77. The fourth-order valence-electron chi connectivity index (χ4n) is 1.14. The van der Waals surface area contributed by atoms with Crippen molar-refractivity contribution < 1.29 is 0 Å². The first kappa shape index (κ1) is 10.7. The van der Waals surface area contributed by atoms with Crippen molar-refractivity contribution >= 4 is 11.9 Å². The number of pyridine rings is 1. The Labute approximate surface area is 85.1 Å². The number of nitrogens with zero attached hydrogens (tertiary/aromatic N) is 2. The summed E-state index contributed by atoms with van der Waals surface area (Å²) in [5, 5.41) is 0. The van der Waals surface area contributed by atoms with Crippen molar-refractivity contribution in [3.05, 3.63) is 23.5 Å². The van der Waals surface area contributed by atoms with Gasteiger partial charge in [0.2, 0.25) is 0 Å². The van der Waals surface area contributed by atoms with Gasteiger partial charge in [0, 0.05) is 29.9 Å². The molecule has 3 heteroatoms.